The van der Waals surface area contributed by atoms with Gasteiger partial charge in [-0.1, -0.05) is 196 Å². The maximum absolute atomic E-state index is 7.40. The largest absolute Gasteiger partial charge is 0.456 e. The van der Waals surface area contributed by atoms with Crippen LogP contribution in [0.1, 0.15) is 47.2 Å². The molecule has 342 valence electrons. The molecule has 11 aromatic carbocycles. The van der Waals surface area contributed by atoms with E-state index >= 15 is 0 Å². The van der Waals surface area contributed by atoms with E-state index in [1.165, 1.54) is 83.5 Å². The number of hydrogen-bond acceptors (Lipinski definition) is 3. The number of nitrogens with zero attached hydrogens (tertiary/aromatic N) is 1. The van der Waals surface area contributed by atoms with Gasteiger partial charge < -0.3 is 13.7 Å². The first-order valence-corrected chi connectivity index (χ1v) is 25.4. The zero-order valence-corrected chi connectivity index (χ0v) is 40.3. The molecule has 1 spiro atoms. The molecule has 3 heteroatoms. The monoisotopic (exact) mass is 931 g/mol. The molecule has 2 heterocycles. The van der Waals surface area contributed by atoms with E-state index in [0.29, 0.717) is 0 Å². The Morgan fingerprint density at radius 1 is 0.329 bits per heavy atom. The highest BCUT2D eigenvalue weighted by Gasteiger charge is 2.54. The molecule has 0 aliphatic heterocycles. The highest BCUT2D eigenvalue weighted by atomic mass is 16.3. The van der Waals surface area contributed by atoms with E-state index < -0.39 is 5.41 Å². The van der Waals surface area contributed by atoms with Gasteiger partial charge in [0.25, 0.3) is 0 Å². The molecule has 3 aliphatic rings. The van der Waals surface area contributed by atoms with E-state index in [0.717, 1.165) is 66.5 Å². The average molecular weight is 932 g/mol. The molecule has 0 N–H and O–H groups in total. The summed E-state index contributed by atoms with van der Waals surface area (Å²) in [4.78, 5) is 2.47. The van der Waals surface area contributed by atoms with Gasteiger partial charge in [-0.2, -0.15) is 0 Å². The molecule has 0 amide bonds. The Bertz CT molecular complexity index is 4410. The number of furan rings is 2. The van der Waals surface area contributed by atoms with Gasteiger partial charge in [-0.3, -0.25) is 0 Å². The van der Waals surface area contributed by atoms with Crippen LogP contribution in [0.4, 0.5) is 17.1 Å². The smallest absolute Gasteiger partial charge is 0.145 e. The second-order valence-corrected chi connectivity index (χ2v) is 20.6. The lowest BCUT2D eigenvalue weighted by molar-refractivity contribution is 0.660. The number of anilines is 3. The second-order valence-electron chi connectivity index (χ2n) is 20.6. The van der Waals surface area contributed by atoms with Crippen LogP contribution in [0.15, 0.2) is 245 Å². The first kappa shape index (κ1) is 40.5. The molecule has 0 fully saturated rings. The Morgan fingerprint density at radius 3 is 1.51 bits per heavy atom. The van der Waals surface area contributed by atoms with Crippen LogP contribution in [-0.4, -0.2) is 0 Å². The Kier molecular flexibility index (Phi) is 8.16. The van der Waals surface area contributed by atoms with Crippen molar-refractivity contribution in [1.29, 1.82) is 0 Å². The fraction of sp³-hybridized carbons (Fsp3) is 0.0571. The van der Waals surface area contributed by atoms with Gasteiger partial charge in [0.05, 0.1) is 16.5 Å². The normalized spacial score (nSPS) is 14.1. The molecular formula is C70H45NO2. The molecule has 3 aliphatic carbocycles. The summed E-state index contributed by atoms with van der Waals surface area (Å²) < 4.78 is 14.1. The molecule has 0 saturated heterocycles. The van der Waals surface area contributed by atoms with Crippen LogP contribution in [0.25, 0.3) is 99.5 Å². The van der Waals surface area contributed by atoms with Crippen LogP contribution >= 0.6 is 0 Å². The fourth-order valence-electron chi connectivity index (χ4n) is 13.5. The van der Waals surface area contributed by atoms with Crippen molar-refractivity contribution in [1.82, 2.24) is 0 Å². The molecule has 16 rings (SSSR count). The third kappa shape index (κ3) is 5.38. The summed E-state index contributed by atoms with van der Waals surface area (Å²) in [7, 11) is 0. The summed E-state index contributed by atoms with van der Waals surface area (Å²) in [6, 6.07) is 87.1. The SMILES string of the molecule is CC1(C)c2ccccc2-c2ccc(-c3ccc(N(c4ccc(-c5ccccc5)cc4)c4cc5c(c6oc7ccccc7c46)-c4c(ccc6oc7ccccc7c46)C54c5ccccc5-c5ccccc54)cc3)cc21. The van der Waals surface area contributed by atoms with Crippen molar-refractivity contribution in [2.45, 2.75) is 24.7 Å². The summed E-state index contributed by atoms with van der Waals surface area (Å²) in [5, 5.41) is 4.35. The first-order chi connectivity index (χ1) is 36.0. The van der Waals surface area contributed by atoms with Crippen molar-refractivity contribution in [2.75, 3.05) is 4.90 Å². The minimum Gasteiger partial charge on any atom is -0.456 e. The van der Waals surface area contributed by atoms with E-state index in [9.17, 15) is 0 Å². The molecular weight excluding hydrogens is 887 g/mol. The molecule has 0 saturated carbocycles. The summed E-state index contributed by atoms with van der Waals surface area (Å²) in [5.74, 6) is 0. The van der Waals surface area contributed by atoms with Crippen LogP contribution in [0.3, 0.4) is 0 Å². The molecule has 3 nitrogen and oxygen atoms in total. The standard InChI is InChI=1S/C70H45NO2/c1-69(2)54-23-11-6-18-48(54)51-37-32-45(40-58(51)69)44-30-35-47(36-31-44)71(46-33-28-43(29-34-46)42-16-4-3-5-17-42)60-41-59-67(68-64(60)52-21-9-15-27-62(52)73-68)66-57(38-39-63-65(66)53-22-10-14-26-61(53)72-63)70(59)55-24-12-7-19-49(55)50-20-8-13-25-56(50)70/h3-41H,1-2H3. The average Bonchev–Trinajstić information content (AvgIpc) is 4.23. The van der Waals surface area contributed by atoms with Crippen molar-refractivity contribution in [3.8, 4) is 55.6 Å². The van der Waals surface area contributed by atoms with Gasteiger partial charge in [-0.15, -0.1) is 0 Å². The summed E-state index contributed by atoms with van der Waals surface area (Å²) in [5.41, 5.74) is 25.8. The van der Waals surface area contributed by atoms with Crippen molar-refractivity contribution in [2.24, 2.45) is 0 Å². The predicted octanol–water partition coefficient (Wildman–Crippen LogP) is 18.9. The number of rotatable bonds is 5. The van der Waals surface area contributed by atoms with E-state index in [4.69, 9.17) is 8.83 Å². The lowest BCUT2D eigenvalue weighted by Crippen LogP contribution is -2.26. The summed E-state index contributed by atoms with van der Waals surface area (Å²) >= 11 is 0. The van der Waals surface area contributed by atoms with Crippen LogP contribution in [-0.2, 0) is 10.8 Å². The molecule has 0 bridgehead atoms. The summed E-state index contributed by atoms with van der Waals surface area (Å²) in [6.07, 6.45) is 0. The third-order valence-electron chi connectivity index (χ3n) is 16.7. The molecule has 73 heavy (non-hydrogen) atoms. The molecule has 0 radical (unpaired) electrons. The topological polar surface area (TPSA) is 29.5 Å². The Hall–Kier alpha value is -9.18. The number of para-hydroxylation sites is 2. The molecule has 0 atom stereocenters. The Labute approximate surface area is 422 Å². The van der Waals surface area contributed by atoms with E-state index in [1.54, 1.807) is 0 Å². The zero-order chi connectivity index (χ0) is 48.2. The van der Waals surface area contributed by atoms with Crippen LogP contribution in [0, 0.1) is 0 Å². The Morgan fingerprint density at radius 2 is 0.836 bits per heavy atom. The van der Waals surface area contributed by atoms with Crippen LogP contribution < -0.4 is 4.90 Å². The Balaban J connectivity index is 0.988. The van der Waals surface area contributed by atoms with Gasteiger partial charge in [0.15, 0.2) is 0 Å². The van der Waals surface area contributed by atoms with Gasteiger partial charge in [0.1, 0.15) is 22.3 Å². The quantitative estimate of drug-likeness (QED) is 0.172. The number of fused-ring (bicyclic) bond motifs is 21. The fourth-order valence-corrected chi connectivity index (χ4v) is 13.5. The highest BCUT2D eigenvalue weighted by molar-refractivity contribution is 6.24. The lowest BCUT2D eigenvalue weighted by Gasteiger charge is -2.32. The van der Waals surface area contributed by atoms with E-state index in [-0.39, 0.29) is 5.41 Å². The van der Waals surface area contributed by atoms with Gasteiger partial charge in [-0.25, -0.2) is 0 Å². The van der Waals surface area contributed by atoms with Gasteiger partial charge >= 0.3 is 0 Å². The maximum Gasteiger partial charge on any atom is 0.145 e. The zero-order valence-electron chi connectivity index (χ0n) is 40.3. The van der Waals surface area contributed by atoms with Crippen molar-refractivity contribution in [3.63, 3.8) is 0 Å². The minimum absolute atomic E-state index is 0.0925. The van der Waals surface area contributed by atoms with Gasteiger partial charge in [0.2, 0.25) is 0 Å². The minimum atomic E-state index is -0.667. The maximum atomic E-state index is 7.40. The third-order valence-corrected chi connectivity index (χ3v) is 16.7. The molecule has 2 aromatic heterocycles. The van der Waals surface area contributed by atoms with Crippen LogP contribution in [0.2, 0.25) is 0 Å². The van der Waals surface area contributed by atoms with E-state index in [1.807, 2.05) is 0 Å². The van der Waals surface area contributed by atoms with Gasteiger partial charge in [-0.05, 0) is 132 Å². The predicted molar refractivity (Wildman–Crippen MR) is 300 cm³/mol. The van der Waals surface area contributed by atoms with Crippen molar-refractivity contribution < 1.29 is 8.83 Å². The van der Waals surface area contributed by atoms with Crippen molar-refractivity contribution in [3.05, 3.63) is 270 Å². The van der Waals surface area contributed by atoms with Crippen molar-refractivity contribution >= 4 is 60.9 Å². The van der Waals surface area contributed by atoms with Gasteiger partial charge in [0, 0.05) is 44.1 Å². The molecule has 0 unspecified atom stereocenters. The second kappa shape index (κ2) is 14.7. The van der Waals surface area contributed by atoms with Crippen LogP contribution in [0.5, 0.6) is 0 Å². The summed E-state index contributed by atoms with van der Waals surface area (Å²) in [6.45, 7) is 4.71. The number of benzene rings is 11. The molecule has 13 aromatic rings. The number of hydrogen-bond donors (Lipinski definition) is 0. The first-order valence-electron chi connectivity index (χ1n) is 25.4. The lowest BCUT2D eigenvalue weighted by atomic mass is 9.70. The highest BCUT2D eigenvalue weighted by Crippen LogP contribution is 2.67. The van der Waals surface area contributed by atoms with E-state index in [2.05, 4.69) is 255 Å².